The topological polar surface area (TPSA) is 61.7 Å². The Balaban J connectivity index is 2.03. The molecular formula is C12H19N5. The van der Waals surface area contributed by atoms with Crippen molar-refractivity contribution in [3.05, 3.63) is 35.9 Å². The van der Waals surface area contributed by atoms with Crippen LogP contribution in [0, 0.1) is 0 Å². The predicted octanol–water partition coefficient (Wildman–Crippen LogP) is 1.21. The number of hydrogen-bond donors (Lipinski definition) is 1. The standard InChI is InChI=1S/C12H19N5/c1-10(2)17-6-4-12(15-17)9-16-8-11(3-5-13)7-14-16/h4,6-8,10H,3,5,9,13H2,1-2H3. The van der Waals surface area contributed by atoms with E-state index in [9.17, 15) is 0 Å². The summed E-state index contributed by atoms with van der Waals surface area (Å²) in [7, 11) is 0. The first-order valence-electron chi connectivity index (χ1n) is 5.94. The van der Waals surface area contributed by atoms with Crippen molar-refractivity contribution >= 4 is 0 Å². The molecule has 92 valence electrons. The molecule has 2 aromatic heterocycles. The minimum Gasteiger partial charge on any atom is -0.330 e. The summed E-state index contributed by atoms with van der Waals surface area (Å²) in [6.07, 6.45) is 6.78. The van der Waals surface area contributed by atoms with E-state index < -0.39 is 0 Å². The van der Waals surface area contributed by atoms with Gasteiger partial charge in [-0.15, -0.1) is 0 Å². The van der Waals surface area contributed by atoms with E-state index in [0.717, 1.165) is 12.1 Å². The summed E-state index contributed by atoms with van der Waals surface area (Å²) in [6, 6.07) is 2.43. The molecule has 0 fully saturated rings. The molecule has 0 unspecified atom stereocenters. The second-order valence-corrected chi connectivity index (χ2v) is 4.47. The Kier molecular flexibility index (Phi) is 3.58. The van der Waals surface area contributed by atoms with Gasteiger partial charge in [-0.1, -0.05) is 0 Å². The third-order valence-electron chi connectivity index (χ3n) is 2.64. The zero-order valence-electron chi connectivity index (χ0n) is 10.4. The van der Waals surface area contributed by atoms with E-state index >= 15 is 0 Å². The zero-order chi connectivity index (χ0) is 12.3. The highest BCUT2D eigenvalue weighted by Gasteiger charge is 2.04. The lowest BCUT2D eigenvalue weighted by Crippen LogP contribution is -2.05. The fourth-order valence-electron chi connectivity index (χ4n) is 1.70. The first kappa shape index (κ1) is 11.9. The lowest BCUT2D eigenvalue weighted by molar-refractivity contribution is 0.520. The van der Waals surface area contributed by atoms with E-state index in [1.54, 1.807) is 0 Å². The van der Waals surface area contributed by atoms with Crippen LogP contribution in [-0.2, 0) is 13.0 Å². The Labute approximate surface area is 101 Å². The van der Waals surface area contributed by atoms with Crippen LogP contribution in [0.2, 0.25) is 0 Å². The molecule has 2 heterocycles. The van der Waals surface area contributed by atoms with Crippen molar-refractivity contribution in [2.45, 2.75) is 32.9 Å². The largest absolute Gasteiger partial charge is 0.330 e. The monoisotopic (exact) mass is 233 g/mol. The average molecular weight is 233 g/mol. The van der Waals surface area contributed by atoms with Crippen LogP contribution in [0.15, 0.2) is 24.7 Å². The Morgan fingerprint density at radius 2 is 2.24 bits per heavy atom. The van der Waals surface area contributed by atoms with E-state index in [-0.39, 0.29) is 0 Å². The highest BCUT2D eigenvalue weighted by Crippen LogP contribution is 2.06. The van der Waals surface area contributed by atoms with Gasteiger partial charge < -0.3 is 5.73 Å². The van der Waals surface area contributed by atoms with Gasteiger partial charge in [0.25, 0.3) is 0 Å². The minimum atomic E-state index is 0.397. The van der Waals surface area contributed by atoms with Crippen LogP contribution < -0.4 is 5.73 Å². The molecule has 2 N–H and O–H groups in total. The summed E-state index contributed by atoms with van der Waals surface area (Å²) in [5.41, 5.74) is 7.71. The lowest BCUT2D eigenvalue weighted by Gasteiger charge is -2.03. The number of hydrogen-bond acceptors (Lipinski definition) is 3. The fourth-order valence-corrected chi connectivity index (χ4v) is 1.70. The van der Waals surface area contributed by atoms with Crippen molar-refractivity contribution in [1.29, 1.82) is 0 Å². The zero-order valence-corrected chi connectivity index (χ0v) is 10.4. The molecule has 0 aromatic carbocycles. The molecule has 17 heavy (non-hydrogen) atoms. The molecule has 0 atom stereocenters. The van der Waals surface area contributed by atoms with Crippen LogP contribution in [0.5, 0.6) is 0 Å². The van der Waals surface area contributed by atoms with Crippen LogP contribution in [0.1, 0.15) is 31.1 Å². The second-order valence-electron chi connectivity index (χ2n) is 4.47. The normalized spacial score (nSPS) is 11.3. The van der Waals surface area contributed by atoms with E-state index in [0.29, 0.717) is 19.1 Å². The molecule has 0 aliphatic carbocycles. The summed E-state index contributed by atoms with van der Waals surface area (Å²) in [5, 5.41) is 8.79. The molecule has 5 heteroatoms. The van der Waals surface area contributed by atoms with E-state index in [1.165, 1.54) is 5.56 Å². The quantitative estimate of drug-likeness (QED) is 0.844. The molecule has 2 aromatic rings. The van der Waals surface area contributed by atoms with Crippen LogP contribution in [-0.4, -0.2) is 26.1 Å². The first-order chi connectivity index (χ1) is 8.19. The van der Waals surface area contributed by atoms with Crippen LogP contribution in [0.3, 0.4) is 0 Å². The fraction of sp³-hybridized carbons (Fsp3) is 0.500. The van der Waals surface area contributed by atoms with Crippen molar-refractivity contribution in [2.75, 3.05) is 6.54 Å². The van der Waals surface area contributed by atoms with Gasteiger partial charge in [0.1, 0.15) is 0 Å². The smallest absolute Gasteiger partial charge is 0.0849 e. The maximum atomic E-state index is 5.51. The molecule has 0 amide bonds. The van der Waals surface area contributed by atoms with Gasteiger partial charge in [-0.25, -0.2) is 0 Å². The molecule has 0 bridgehead atoms. The summed E-state index contributed by atoms with van der Waals surface area (Å²) in [4.78, 5) is 0. The van der Waals surface area contributed by atoms with Gasteiger partial charge in [0.05, 0.1) is 18.4 Å². The number of aromatic nitrogens is 4. The number of nitrogens with two attached hydrogens (primary N) is 1. The van der Waals surface area contributed by atoms with Crippen LogP contribution in [0.4, 0.5) is 0 Å². The second kappa shape index (κ2) is 5.14. The van der Waals surface area contributed by atoms with Gasteiger partial charge in [0.2, 0.25) is 0 Å². The molecule has 2 rings (SSSR count). The summed E-state index contributed by atoms with van der Waals surface area (Å²) < 4.78 is 3.86. The Bertz CT molecular complexity index is 469. The number of rotatable bonds is 5. The van der Waals surface area contributed by atoms with Crippen molar-refractivity contribution in [3.63, 3.8) is 0 Å². The molecule has 0 saturated carbocycles. The van der Waals surface area contributed by atoms with Gasteiger partial charge in [-0.2, -0.15) is 10.2 Å². The molecular weight excluding hydrogens is 214 g/mol. The Hall–Kier alpha value is -1.62. The van der Waals surface area contributed by atoms with Gasteiger partial charge in [0, 0.05) is 18.4 Å². The van der Waals surface area contributed by atoms with E-state index in [2.05, 4.69) is 24.0 Å². The average Bonchev–Trinajstić information content (AvgIpc) is 2.89. The molecule has 5 nitrogen and oxygen atoms in total. The van der Waals surface area contributed by atoms with Gasteiger partial charge in [-0.05, 0) is 38.4 Å². The van der Waals surface area contributed by atoms with Crippen LogP contribution >= 0.6 is 0 Å². The minimum absolute atomic E-state index is 0.397. The molecule has 0 saturated heterocycles. The summed E-state index contributed by atoms with van der Waals surface area (Å²) in [6.45, 7) is 5.60. The van der Waals surface area contributed by atoms with Crippen molar-refractivity contribution in [1.82, 2.24) is 19.6 Å². The van der Waals surface area contributed by atoms with Crippen molar-refractivity contribution in [2.24, 2.45) is 5.73 Å². The van der Waals surface area contributed by atoms with Gasteiger partial charge in [-0.3, -0.25) is 9.36 Å². The van der Waals surface area contributed by atoms with Crippen molar-refractivity contribution < 1.29 is 0 Å². The van der Waals surface area contributed by atoms with Gasteiger partial charge >= 0.3 is 0 Å². The Morgan fingerprint density at radius 3 is 2.88 bits per heavy atom. The molecule has 0 aliphatic heterocycles. The highest BCUT2D eigenvalue weighted by molar-refractivity contribution is 5.07. The van der Waals surface area contributed by atoms with Crippen molar-refractivity contribution in [3.8, 4) is 0 Å². The molecule has 0 aliphatic rings. The lowest BCUT2D eigenvalue weighted by atomic mass is 10.3. The Morgan fingerprint density at radius 1 is 1.41 bits per heavy atom. The third kappa shape index (κ3) is 2.94. The van der Waals surface area contributed by atoms with Gasteiger partial charge in [0.15, 0.2) is 0 Å². The maximum absolute atomic E-state index is 5.51. The number of nitrogens with zero attached hydrogens (tertiary/aromatic N) is 4. The predicted molar refractivity (Wildman–Crippen MR) is 66.7 cm³/mol. The highest BCUT2D eigenvalue weighted by atomic mass is 15.3. The summed E-state index contributed by atoms with van der Waals surface area (Å²) >= 11 is 0. The molecule has 0 spiro atoms. The van der Waals surface area contributed by atoms with Crippen LogP contribution in [0.25, 0.3) is 0 Å². The molecule has 0 radical (unpaired) electrons. The SMILES string of the molecule is CC(C)n1ccc(Cn2cc(CCN)cn2)n1. The third-order valence-corrected chi connectivity index (χ3v) is 2.64. The van der Waals surface area contributed by atoms with E-state index in [4.69, 9.17) is 5.73 Å². The summed E-state index contributed by atoms with van der Waals surface area (Å²) in [5.74, 6) is 0. The van der Waals surface area contributed by atoms with E-state index in [1.807, 2.05) is 34.0 Å². The maximum Gasteiger partial charge on any atom is 0.0849 e. The first-order valence-corrected chi connectivity index (χ1v) is 5.94.